The maximum atomic E-state index is 12.5. The van der Waals surface area contributed by atoms with Gasteiger partial charge in [0.25, 0.3) is 0 Å². The number of rotatable bonds is 5. The second-order valence-corrected chi connectivity index (χ2v) is 6.47. The summed E-state index contributed by atoms with van der Waals surface area (Å²) in [6, 6.07) is -0.921. The first-order chi connectivity index (χ1) is 9.90. The fourth-order valence-corrected chi connectivity index (χ4v) is 3.07. The van der Waals surface area contributed by atoms with Crippen molar-refractivity contribution in [3.05, 3.63) is 18.2 Å². The molecule has 1 aliphatic carbocycles. The molecule has 0 aliphatic heterocycles. The number of hydrogen-bond acceptors (Lipinski definition) is 3. The number of imidazole rings is 1. The number of hydrogen-bond donors (Lipinski definition) is 3. The molecule has 21 heavy (non-hydrogen) atoms. The monoisotopic (exact) mass is 293 g/mol. The Hall–Kier alpha value is -1.85. The fraction of sp³-hybridized carbons (Fsp3) is 0.667. The minimum atomic E-state index is -1.02. The van der Waals surface area contributed by atoms with Crippen LogP contribution in [-0.4, -0.2) is 33.0 Å². The molecule has 6 nitrogen and oxygen atoms in total. The van der Waals surface area contributed by atoms with Crippen molar-refractivity contribution in [2.45, 2.75) is 52.0 Å². The van der Waals surface area contributed by atoms with Crippen molar-refractivity contribution in [2.24, 2.45) is 11.3 Å². The van der Waals surface area contributed by atoms with Crippen molar-refractivity contribution >= 4 is 11.9 Å². The van der Waals surface area contributed by atoms with Crippen LogP contribution in [0, 0.1) is 11.3 Å². The van der Waals surface area contributed by atoms with Crippen LogP contribution in [0.5, 0.6) is 0 Å². The van der Waals surface area contributed by atoms with Crippen LogP contribution < -0.4 is 5.32 Å². The average molecular weight is 293 g/mol. The fourth-order valence-electron chi connectivity index (χ4n) is 3.07. The third-order valence-electron chi connectivity index (χ3n) is 4.42. The number of nitrogens with zero attached hydrogens (tertiary/aromatic N) is 1. The lowest BCUT2D eigenvalue weighted by molar-refractivity contribution is -0.143. The van der Waals surface area contributed by atoms with Gasteiger partial charge in [0.2, 0.25) is 5.91 Å². The SMILES string of the molecule is CC1(C)CCCCC1C(=O)N[C@H](Cc1cnc[nH]1)C(=O)O. The standard InChI is InChI=1S/C15H23N3O3/c1-15(2)6-4-3-5-11(15)13(19)18-12(14(20)21)7-10-8-16-9-17-10/h8-9,11-12H,3-7H2,1-2H3,(H,16,17)(H,18,19)(H,20,21)/t11?,12-/m1/s1. The Morgan fingerprint density at radius 2 is 2.29 bits per heavy atom. The second-order valence-electron chi connectivity index (χ2n) is 6.47. The summed E-state index contributed by atoms with van der Waals surface area (Å²) in [7, 11) is 0. The first kappa shape index (κ1) is 15.5. The molecule has 116 valence electrons. The van der Waals surface area contributed by atoms with Gasteiger partial charge in [0.15, 0.2) is 0 Å². The van der Waals surface area contributed by atoms with E-state index < -0.39 is 12.0 Å². The van der Waals surface area contributed by atoms with Crippen molar-refractivity contribution in [1.29, 1.82) is 0 Å². The van der Waals surface area contributed by atoms with Crippen LogP contribution >= 0.6 is 0 Å². The van der Waals surface area contributed by atoms with Crippen molar-refractivity contribution < 1.29 is 14.7 Å². The molecule has 0 saturated heterocycles. The predicted molar refractivity (Wildman–Crippen MR) is 77.6 cm³/mol. The van der Waals surface area contributed by atoms with E-state index in [1.165, 1.54) is 6.33 Å². The van der Waals surface area contributed by atoms with Crippen LogP contribution in [0.25, 0.3) is 0 Å². The molecule has 0 aromatic carbocycles. The normalized spacial score (nSPS) is 22.5. The van der Waals surface area contributed by atoms with E-state index in [-0.39, 0.29) is 23.7 Å². The van der Waals surface area contributed by atoms with Crippen LogP contribution in [0.2, 0.25) is 0 Å². The number of aromatic amines is 1. The third kappa shape index (κ3) is 3.83. The van der Waals surface area contributed by atoms with Crippen LogP contribution in [0.15, 0.2) is 12.5 Å². The summed E-state index contributed by atoms with van der Waals surface area (Å²) in [6.07, 6.45) is 7.28. The number of carbonyl (C=O) groups excluding carboxylic acids is 1. The molecule has 1 heterocycles. The van der Waals surface area contributed by atoms with Crippen molar-refractivity contribution in [3.63, 3.8) is 0 Å². The molecule has 0 bridgehead atoms. The lowest BCUT2D eigenvalue weighted by Crippen LogP contribution is -2.48. The minimum absolute atomic E-state index is 0.0701. The molecule has 1 aromatic rings. The Morgan fingerprint density at radius 1 is 1.52 bits per heavy atom. The van der Waals surface area contributed by atoms with E-state index in [4.69, 9.17) is 0 Å². The summed E-state index contributed by atoms with van der Waals surface area (Å²) in [6.45, 7) is 4.17. The van der Waals surface area contributed by atoms with Gasteiger partial charge in [0.05, 0.1) is 6.33 Å². The maximum absolute atomic E-state index is 12.5. The quantitative estimate of drug-likeness (QED) is 0.770. The van der Waals surface area contributed by atoms with Gasteiger partial charge in [0, 0.05) is 24.2 Å². The summed E-state index contributed by atoms with van der Waals surface area (Å²) in [5.41, 5.74) is 0.630. The average Bonchev–Trinajstić information content (AvgIpc) is 2.90. The molecule has 3 N–H and O–H groups in total. The van der Waals surface area contributed by atoms with E-state index >= 15 is 0 Å². The van der Waals surface area contributed by atoms with Gasteiger partial charge in [-0.25, -0.2) is 9.78 Å². The molecule has 6 heteroatoms. The zero-order valence-electron chi connectivity index (χ0n) is 12.6. The molecular weight excluding hydrogens is 270 g/mol. The number of H-pyrrole nitrogens is 1. The summed E-state index contributed by atoms with van der Waals surface area (Å²) >= 11 is 0. The Labute approximate surface area is 124 Å². The van der Waals surface area contributed by atoms with Gasteiger partial charge in [-0.3, -0.25) is 4.79 Å². The maximum Gasteiger partial charge on any atom is 0.326 e. The van der Waals surface area contributed by atoms with E-state index in [1.54, 1.807) is 6.20 Å². The Balaban J connectivity index is 2.02. The van der Waals surface area contributed by atoms with E-state index in [1.807, 2.05) is 0 Å². The molecule has 1 amide bonds. The number of carbonyl (C=O) groups is 2. The van der Waals surface area contributed by atoms with Crippen LogP contribution in [0.4, 0.5) is 0 Å². The largest absolute Gasteiger partial charge is 0.480 e. The van der Waals surface area contributed by atoms with Crippen molar-refractivity contribution in [1.82, 2.24) is 15.3 Å². The lowest BCUT2D eigenvalue weighted by atomic mass is 9.68. The smallest absolute Gasteiger partial charge is 0.326 e. The van der Waals surface area contributed by atoms with Gasteiger partial charge in [-0.05, 0) is 18.3 Å². The topological polar surface area (TPSA) is 95.1 Å². The summed E-state index contributed by atoms with van der Waals surface area (Å²) in [4.78, 5) is 30.5. The molecule has 2 rings (SSSR count). The van der Waals surface area contributed by atoms with Gasteiger partial charge >= 0.3 is 5.97 Å². The van der Waals surface area contributed by atoms with Crippen molar-refractivity contribution in [3.8, 4) is 0 Å². The first-order valence-electron chi connectivity index (χ1n) is 7.40. The molecule has 1 saturated carbocycles. The molecule has 0 radical (unpaired) electrons. The molecule has 2 atom stereocenters. The first-order valence-corrected chi connectivity index (χ1v) is 7.40. The number of nitrogens with one attached hydrogen (secondary N) is 2. The molecule has 1 aliphatic rings. The third-order valence-corrected chi connectivity index (χ3v) is 4.42. The number of carboxylic acids is 1. The highest BCUT2D eigenvalue weighted by atomic mass is 16.4. The van der Waals surface area contributed by atoms with E-state index in [0.717, 1.165) is 25.7 Å². The van der Waals surface area contributed by atoms with Gasteiger partial charge in [-0.2, -0.15) is 0 Å². The Bertz CT molecular complexity index is 496. The number of aliphatic carboxylic acids is 1. The zero-order chi connectivity index (χ0) is 15.5. The van der Waals surface area contributed by atoms with Gasteiger partial charge in [-0.1, -0.05) is 26.7 Å². The minimum Gasteiger partial charge on any atom is -0.480 e. The summed E-state index contributed by atoms with van der Waals surface area (Å²) < 4.78 is 0. The van der Waals surface area contributed by atoms with E-state index in [9.17, 15) is 14.7 Å². The van der Waals surface area contributed by atoms with Crippen LogP contribution in [0.1, 0.15) is 45.2 Å². The highest BCUT2D eigenvalue weighted by molar-refractivity contribution is 5.85. The summed E-state index contributed by atoms with van der Waals surface area (Å²) in [5, 5.41) is 12.0. The number of aromatic nitrogens is 2. The van der Waals surface area contributed by atoms with Gasteiger partial charge in [0.1, 0.15) is 6.04 Å². The Kier molecular flexibility index (Phi) is 4.65. The molecule has 0 spiro atoms. The second kappa shape index (κ2) is 6.28. The predicted octanol–water partition coefficient (Wildman–Crippen LogP) is 1.74. The zero-order valence-corrected chi connectivity index (χ0v) is 12.6. The van der Waals surface area contributed by atoms with Crippen LogP contribution in [0.3, 0.4) is 0 Å². The van der Waals surface area contributed by atoms with Crippen molar-refractivity contribution in [2.75, 3.05) is 0 Å². The highest BCUT2D eigenvalue weighted by Crippen LogP contribution is 2.40. The van der Waals surface area contributed by atoms with Gasteiger partial charge in [-0.15, -0.1) is 0 Å². The lowest BCUT2D eigenvalue weighted by Gasteiger charge is -2.38. The molecular formula is C15H23N3O3. The molecule has 1 unspecified atom stereocenters. The molecule has 1 fully saturated rings. The Morgan fingerprint density at radius 3 is 2.86 bits per heavy atom. The highest BCUT2D eigenvalue weighted by Gasteiger charge is 2.38. The summed E-state index contributed by atoms with van der Waals surface area (Å²) in [5.74, 6) is -1.28. The van der Waals surface area contributed by atoms with Gasteiger partial charge < -0.3 is 15.4 Å². The molecule has 1 aromatic heterocycles. The van der Waals surface area contributed by atoms with E-state index in [0.29, 0.717) is 5.69 Å². The number of amides is 1. The number of carboxylic acid groups (broad SMARTS) is 1. The van der Waals surface area contributed by atoms with E-state index in [2.05, 4.69) is 29.1 Å². The van der Waals surface area contributed by atoms with Crippen LogP contribution in [-0.2, 0) is 16.0 Å².